The van der Waals surface area contributed by atoms with E-state index in [0.29, 0.717) is 0 Å². The highest BCUT2D eigenvalue weighted by atomic mass is 16.3. The Kier molecular flexibility index (Phi) is 4.70. The molecule has 1 unspecified atom stereocenters. The predicted octanol–water partition coefficient (Wildman–Crippen LogP) is 2.36. The predicted molar refractivity (Wildman–Crippen MR) is 52.7 cm³/mol. The summed E-state index contributed by atoms with van der Waals surface area (Å²) >= 11 is 0. The third-order valence-corrected chi connectivity index (χ3v) is 1.24. The Hall–Kier alpha value is -0.740. The molecule has 0 heterocycles. The number of allylic oxidation sites excluding steroid dienone is 1. The van der Waals surface area contributed by atoms with E-state index in [2.05, 4.69) is 32.6 Å². The highest BCUT2D eigenvalue weighted by molar-refractivity contribution is 5.12. The minimum Gasteiger partial charge on any atom is -0.377 e. The smallest absolute Gasteiger partial charge is 0.133 e. The van der Waals surface area contributed by atoms with Gasteiger partial charge in [0.25, 0.3) is 0 Å². The molecule has 0 rings (SSSR count). The molecule has 0 radical (unpaired) electrons. The quantitative estimate of drug-likeness (QED) is 0.468. The number of aliphatic hydroxyl groups is 1. The Bertz CT molecular complexity index is 197. The summed E-state index contributed by atoms with van der Waals surface area (Å²) in [6.07, 6.45) is 3.70. The van der Waals surface area contributed by atoms with Gasteiger partial charge in [-0.3, -0.25) is 0 Å². The van der Waals surface area contributed by atoms with Crippen LogP contribution in [0, 0.1) is 17.3 Å². The van der Waals surface area contributed by atoms with E-state index < -0.39 is 6.10 Å². The third kappa shape index (κ3) is 7.37. The van der Waals surface area contributed by atoms with E-state index in [1.165, 1.54) is 0 Å². The van der Waals surface area contributed by atoms with Gasteiger partial charge in [0.2, 0.25) is 0 Å². The fraction of sp³-hybridized carbons (Fsp3) is 0.636. The second-order valence-corrected chi connectivity index (χ2v) is 4.03. The molecule has 0 spiro atoms. The van der Waals surface area contributed by atoms with Crippen LogP contribution in [0.5, 0.6) is 0 Å². The molecule has 0 saturated heterocycles. The van der Waals surface area contributed by atoms with Crippen molar-refractivity contribution in [3.63, 3.8) is 0 Å². The first-order valence-corrected chi connectivity index (χ1v) is 4.25. The Balaban J connectivity index is 3.89. The Morgan fingerprint density at radius 2 is 2.00 bits per heavy atom. The zero-order chi connectivity index (χ0) is 9.61. The van der Waals surface area contributed by atoms with Gasteiger partial charge in [0.05, 0.1) is 0 Å². The standard InChI is InChI=1S/C11H18O/c1-5-7-10(12)8-6-9-11(2,3)4/h5,7,10,12H,9H2,1-4H3/b7-5+. The number of hydrogen-bond acceptors (Lipinski definition) is 1. The van der Waals surface area contributed by atoms with Gasteiger partial charge in [0.1, 0.15) is 6.10 Å². The second-order valence-electron chi connectivity index (χ2n) is 4.03. The van der Waals surface area contributed by atoms with Gasteiger partial charge >= 0.3 is 0 Å². The van der Waals surface area contributed by atoms with E-state index in [1.54, 1.807) is 12.2 Å². The molecular formula is C11H18O. The number of rotatable bonds is 1. The number of hydrogen-bond donors (Lipinski definition) is 1. The lowest BCUT2D eigenvalue weighted by molar-refractivity contribution is 0.280. The first-order chi connectivity index (χ1) is 5.45. The number of aliphatic hydroxyl groups excluding tert-OH is 1. The average Bonchev–Trinajstić information content (AvgIpc) is 1.84. The lowest BCUT2D eigenvalue weighted by Gasteiger charge is -2.12. The summed E-state index contributed by atoms with van der Waals surface area (Å²) in [6, 6.07) is 0. The molecule has 68 valence electrons. The van der Waals surface area contributed by atoms with Gasteiger partial charge in [-0.05, 0) is 18.4 Å². The molecule has 0 amide bonds. The van der Waals surface area contributed by atoms with Gasteiger partial charge < -0.3 is 5.11 Å². The molecule has 1 atom stereocenters. The van der Waals surface area contributed by atoms with Crippen molar-refractivity contribution in [2.75, 3.05) is 0 Å². The molecule has 0 aromatic heterocycles. The van der Waals surface area contributed by atoms with E-state index in [4.69, 9.17) is 0 Å². The van der Waals surface area contributed by atoms with Gasteiger partial charge in [-0.2, -0.15) is 0 Å². The van der Waals surface area contributed by atoms with Gasteiger partial charge in [-0.1, -0.05) is 38.7 Å². The summed E-state index contributed by atoms with van der Waals surface area (Å²) in [4.78, 5) is 0. The fourth-order valence-electron chi connectivity index (χ4n) is 0.651. The third-order valence-electron chi connectivity index (χ3n) is 1.24. The van der Waals surface area contributed by atoms with Crippen LogP contribution in [0.4, 0.5) is 0 Å². The van der Waals surface area contributed by atoms with E-state index in [1.807, 2.05) is 6.92 Å². The Labute approximate surface area is 75.5 Å². The van der Waals surface area contributed by atoms with Crippen LogP contribution in [0.3, 0.4) is 0 Å². The van der Waals surface area contributed by atoms with Crippen molar-refractivity contribution in [3.8, 4) is 11.8 Å². The van der Waals surface area contributed by atoms with Gasteiger partial charge in [0, 0.05) is 6.42 Å². The van der Waals surface area contributed by atoms with Crippen molar-refractivity contribution in [1.82, 2.24) is 0 Å². The van der Waals surface area contributed by atoms with Crippen LogP contribution in [0.25, 0.3) is 0 Å². The lowest BCUT2D eigenvalue weighted by Crippen LogP contribution is -2.03. The summed E-state index contributed by atoms with van der Waals surface area (Å²) in [5.74, 6) is 5.72. The molecule has 0 aromatic carbocycles. The van der Waals surface area contributed by atoms with Crippen molar-refractivity contribution in [2.24, 2.45) is 5.41 Å². The molecule has 1 nitrogen and oxygen atoms in total. The molecule has 12 heavy (non-hydrogen) atoms. The van der Waals surface area contributed by atoms with E-state index in [9.17, 15) is 5.11 Å². The molecule has 0 fully saturated rings. The molecule has 1 heteroatoms. The van der Waals surface area contributed by atoms with Crippen LogP contribution in [-0.4, -0.2) is 11.2 Å². The van der Waals surface area contributed by atoms with Crippen LogP contribution in [0.2, 0.25) is 0 Å². The van der Waals surface area contributed by atoms with Crippen molar-refractivity contribution in [3.05, 3.63) is 12.2 Å². The Morgan fingerprint density at radius 1 is 1.42 bits per heavy atom. The minimum atomic E-state index is -0.600. The molecule has 0 aliphatic rings. The molecular weight excluding hydrogens is 148 g/mol. The average molecular weight is 166 g/mol. The van der Waals surface area contributed by atoms with Crippen LogP contribution in [0.15, 0.2) is 12.2 Å². The maximum Gasteiger partial charge on any atom is 0.133 e. The summed E-state index contributed by atoms with van der Waals surface area (Å²) in [5, 5.41) is 9.19. The first kappa shape index (κ1) is 11.3. The summed E-state index contributed by atoms with van der Waals surface area (Å²) in [5.41, 5.74) is 0.225. The second kappa shape index (κ2) is 5.00. The van der Waals surface area contributed by atoms with Crippen LogP contribution < -0.4 is 0 Å². The molecule has 0 bridgehead atoms. The van der Waals surface area contributed by atoms with E-state index in [-0.39, 0.29) is 5.41 Å². The highest BCUT2D eigenvalue weighted by Crippen LogP contribution is 2.16. The van der Waals surface area contributed by atoms with Crippen molar-refractivity contribution < 1.29 is 5.11 Å². The molecule has 0 aromatic rings. The van der Waals surface area contributed by atoms with Crippen molar-refractivity contribution >= 4 is 0 Å². The van der Waals surface area contributed by atoms with Crippen LogP contribution in [0.1, 0.15) is 34.1 Å². The van der Waals surface area contributed by atoms with E-state index >= 15 is 0 Å². The Morgan fingerprint density at radius 3 is 2.42 bits per heavy atom. The zero-order valence-electron chi connectivity index (χ0n) is 8.39. The molecule has 0 saturated carbocycles. The summed E-state index contributed by atoms with van der Waals surface area (Å²) in [7, 11) is 0. The normalized spacial score (nSPS) is 14.1. The van der Waals surface area contributed by atoms with Crippen molar-refractivity contribution in [1.29, 1.82) is 0 Å². The largest absolute Gasteiger partial charge is 0.377 e. The SMILES string of the molecule is C/C=C/C(O)C#CCC(C)(C)C. The molecule has 0 aliphatic heterocycles. The molecule has 1 N–H and O–H groups in total. The summed E-state index contributed by atoms with van der Waals surface area (Å²) < 4.78 is 0. The van der Waals surface area contributed by atoms with Gasteiger partial charge in [-0.15, -0.1) is 0 Å². The fourth-order valence-corrected chi connectivity index (χ4v) is 0.651. The maximum atomic E-state index is 9.19. The van der Waals surface area contributed by atoms with Crippen molar-refractivity contribution in [2.45, 2.75) is 40.2 Å². The lowest BCUT2D eigenvalue weighted by atomic mass is 9.93. The highest BCUT2D eigenvalue weighted by Gasteiger charge is 2.06. The van der Waals surface area contributed by atoms with Gasteiger partial charge in [0.15, 0.2) is 0 Å². The van der Waals surface area contributed by atoms with Crippen LogP contribution >= 0.6 is 0 Å². The minimum absolute atomic E-state index is 0.225. The topological polar surface area (TPSA) is 20.2 Å². The summed E-state index contributed by atoms with van der Waals surface area (Å²) in [6.45, 7) is 8.26. The molecule has 0 aliphatic carbocycles. The monoisotopic (exact) mass is 166 g/mol. The maximum absolute atomic E-state index is 9.19. The van der Waals surface area contributed by atoms with E-state index in [0.717, 1.165) is 6.42 Å². The first-order valence-electron chi connectivity index (χ1n) is 4.25. The van der Waals surface area contributed by atoms with Crippen LogP contribution in [-0.2, 0) is 0 Å². The zero-order valence-corrected chi connectivity index (χ0v) is 8.39. The van der Waals surface area contributed by atoms with Gasteiger partial charge in [-0.25, -0.2) is 0 Å².